The van der Waals surface area contributed by atoms with Gasteiger partial charge in [-0.25, -0.2) is 14.4 Å². The molecule has 1 aliphatic heterocycles. The van der Waals surface area contributed by atoms with Crippen molar-refractivity contribution in [2.45, 2.75) is 24.6 Å². The first-order chi connectivity index (χ1) is 14.2. The SMILES string of the molecule is C[C@]1(c2cc(NC(=O)c3ncc(C(F)(F)F)cc3Cl)ccc2F)N=C(N)OCC1(F)F. The van der Waals surface area contributed by atoms with Crippen molar-refractivity contribution >= 4 is 29.2 Å². The van der Waals surface area contributed by atoms with Crippen molar-refractivity contribution in [1.29, 1.82) is 0 Å². The normalized spacial score (nSPS) is 20.6. The van der Waals surface area contributed by atoms with Gasteiger partial charge in [0, 0.05) is 17.4 Å². The number of hydrogen-bond acceptors (Lipinski definition) is 5. The van der Waals surface area contributed by atoms with Gasteiger partial charge in [-0.15, -0.1) is 0 Å². The van der Waals surface area contributed by atoms with Crippen LogP contribution in [0.25, 0.3) is 0 Å². The fraction of sp³-hybridized carbons (Fsp3) is 0.278. The number of nitrogens with two attached hydrogens (primary N) is 1. The Morgan fingerprint density at radius 1 is 1.29 bits per heavy atom. The van der Waals surface area contributed by atoms with E-state index >= 15 is 0 Å². The van der Waals surface area contributed by atoms with Gasteiger partial charge in [0.05, 0.1) is 10.6 Å². The third-order valence-electron chi connectivity index (χ3n) is 4.58. The molecular weight excluding hydrogens is 454 g/mol. The summed E-state index contributed by atoms with van der Waals surface area (Å²) < 4.78 is 86.0. The highest BCUT2D eigenvalue weighted by atomic mass is 35.5. The van der Waals surface area contributed by atoms with E-state index in [2.05, 4.69) is 20.0 Å². The van der Waals surface area contributed by atoms with Crippen LogP contribution in [0.4, 0.5) is 32.0 Å². The summed E-state index contributed by atoms with van der Waals surface area (Å²) in [7, 11) is 0. The maximum absolute atomic E-state index is 14.5. The van der Waals surface area contributed by atoms with Crippen molar-refractivity contribution in [2.24, 2.45) is 10.7 Å². The Kier molecular flexibility index (Phi) is 5.55. The van der Waals surface area contributed by atoms with Crippen LogP contribution in [0.3, 0.4) is 0 Å². The van der Waals surface area contributed by atoms with Crippen LogP contribution in [-0.4, -0.2) is 29.4 Å². The van der Waals surface area contributed by atoms with Crippen LogP contribution in [0, 0.1) is 5.82 Å². The number of aliphatic imine (C=N–C) groups is 1. The first kappa shape index (κ1) is 22.7. The van der Waals surface area contributed by atoms with Crippen molar-refractivity contribution in [2.75, 3.05) is 11.9 Å². The number of amides is 1. The standard InChI is InChI=1S/C18H13ClF6N4O2/c1-16(17(21,22)7-31-15(26)29-16)10-5-9(2-3-12(10)20)28-14(30)13-11(19)4-8(6-27-13)18(23,24)25/h2-6H,7H2,1H3,(H2,26,29)(H,28,30)/t16-/m1/s1. The van der Waals surface area contributed by atoms with Gasteiger partial charge in [-0.2, -0.15) is 22.0 Å². The van der Waals surface area contributed by atoms with Gasteiger partial charge in [-0.3, -0.25) is 4.79 Å². The van der Waals surface area contributed by atoms with Crippen LogP contribution in [0.5, 0.6) is 0 Å². The van der Waals surface area contributed by atoms with E-state index in [0.717, 1.165) is 25.1 Å². The molecule has 1 aliphatic rings. The molecule has 0 spiro atoms. The Morgan fingerprint density at radius 3 is 2.58 bits per heavy atom. The molecule has 0 aliphatic carbocycles. The summed E-state index contributed by atoms with van der Waals surface area (Å²) in [5.74, 6) is -5.73. The molecule has 0 fully saturated rings. The van der Waals surface area contributed by atoms with E-state index < -0.39 is 63.8 Å². The molecule has 2 heterocycles. The zero-order valence-electron chi connectivity index (χ0n) is 15.5. The van der Waals surface area contributed by atoms with Gasteiger partial charge in [-0.05, 0) is 31.2 Å². The average Bonchev–Trinajstić information content (AvgIpc) is 2.66. The van der Waals surface area contributed by atoms with Crippen molar-refractivity contribution < 1.29 is 35.9 Å². The summed E-state index contributed by atoms with van der Waals surface area (Å²) >= 11 is 5.72. The Labute approximate surface area is 176 Å². The molecule has 0 saturated heterocycles. The molecule has 1 aromatic carbocycles. The summed E-state index contributed by atoms with van der Waals surface area (Å²) in [5, 5.41) is 1.64. The molecule has 166 valence electrons. The van der Waals surface area contributed by atoms with Crippen molar-refractivity contribution in [1.82, 2.24) is 4.98 Å². The summed E-state index contributed by atoms with van der Waals surface area (Å²) in [6, 6.07) is 2.72. The molecule has 3 N–H and O–H groups in total. The van der Waals surface area contributed by atoms with Crippen LogP contribution in [-0.2, 0) is 16.5 Å². The zero-order valence-corrected chi connectivity index (χ0v) is 16.3. The van der Waals surface area contributed by atoms with E-state index in [1.807, 2.05) is 0 Å². The van der Waals surface area contributed by atoms with Crippen LogP contribution in [0.2, 0.25) is 5.02 Å². The van der Waals surface area contributed by atoms with Gasteiger partial charge in [-0.1, -0.05) is 11.6 Å². The Morgan fingerprint density at radius 2 is 1.97 bits per heavy atom. The number of benzene rings is 1. The minimum absolute atomic E-state index is 0.156. The number of anilines is 1. The molecule has 0 unspecified atom stereocenters. The third-order valence-corrected chi connectivity index (χ3v) is 4.87. The fourth-order valence-corrected chi connectivity index (χ4v) is 3.08. The maximum Gasteiger partial charge on any atom is 0.417 e. The van der Waals surface area contributed by atoms with E-state index in [1.165, 1.54) is 0 Å². The van der Waals surface area contributed by atoms with Crippen molar-refractivity contribution in [3.8, 4) is 0 Å². The minimum Gasteiger partial charge on any atom is -0.459 e. The molecule has 1 atom stereocenters. The number of halogens is 7. The van der Waals surface area contributed by atoms with Gasteiger partial charge in [0.1, 0.15) is 11.5 Å². The molecule has 0 bridgehead atoms. The molecule has 0 radical (unpaired) electrons. The number of rotatable bonds is 3. The maximum atomic E-state index is 14.5. The van der Waals surface area contributed by atoms with E-state index in [4.69, 9.17) is 17.3 Å². The molecular formula is C18H13ClF6N4O2. The second-order valence-corrected chi connectivity index (χ2v) is 7.12. The lowest BCUT2D eigenvalue weighted by Gasteiger charge is -2.37. The molecule has 13 heteroatoms. The van der Waals surface area contributed by atoms with Crippen molar-refractivity contribution in [3.63, 3.8) is 0 Å². The summed E-state index contributed by atoms with van der Waals surface area (Å²) in [6.45, 7) is -0.194. The highest BCUT2D eigenvalue weighted by molar-refractivity contribution is 6.34. The van der Waals surface area contributed by atoms with Gasteiger partial charge in [0.2, 0.25) is 0 Å². The summed E-state index contributed by atoms with van der Waals surface area (Å²) in [4.78, 5) is 19.3. The quantitative estimate of drug-likeness (QED) is 0.659. The highest BCUT2D eigenvalue weighted by Gasteiger charge is 2.56. The van der Waals surface area contributed by atoms with Gasteiger partial charge >= 0.3 is 12.1 Å². The van der Waals surface area contributed by atoms with Gasteiger partial charge < -0.3 is 15.8 Å². The smallest absolute Gasteiger partial charge is 0.417 e. The van der Waals surface area contributed by atoms with E-state index in [1.54, 1.807) is 0 Å². The van der Waals surface area contributed by atoms with Crippen LogP contribution >= 0.6 is 11.6 Å². The Bertz CT molecular complexity index is 1080. The van der Waals surface area contributed by atoms with Crippen molar-refractivity contribution in [3.05, 3.63) is 58.1 Å². The molecule has 1 aromatic heterocycles. The molecule has 31 heavy (non-hydrogen) atoms. The second-order valence-electron chi connectivity index (χ2n) is 6.72. The monoisotopic (exact) mass is 466 g/mol. The fourth-order valence-electron chi connectivity index (χ4n) is 2.82. The zero-order chi connectivity index (χ0) is 23.2. The van der Waals surface area contributed by atoms with E-state index in [9.17, 15) is 31.1 Å². The first-order valence-corrected chi connectivity index (χ1v) is 8.82. The predicted octanol–water partition coefficient (Wildman–Crippen LogP) is 4.34. The molecule has 2 aromatic rings. The number of ether oxygens (including phenoxy) is 1. The minimum atomic E-state index is -4.72. The van der Waals surface area contributed by atoms with Gasteiger partial charge in [0.25, 0.3) is 11.9 Å². The van der Waals surface area contributed by atoms with Crippen LogP contribution in [0.15, 0.2) is 35.5 Å². The lowest BCUT2D eigenvalue weighted by atomic mass is 9.85. The molecule has 1 amide bonds. The summed E-state index contributed by atoms with van der Waals surface area (Å²) in [6.07, 6.45) is -4.30. The van der Waals surface area contributed by atoms with E-state index in [-0.39, 0.29) is 5.69 Å². The average molecular weight is 467 g/mol. The van der Waals surface area contributed by atoms with Crippen LogP contribution in [0.1, 0.15) is 28.5 Å². The number of carbonyl (C=O) groups excluding carboxylic acids is 1. The predicted molar refractivity (Wildman–Crippen MR) is 98.5 cm³/mol. The second kappa shape index (κ2) is 7.59. The number of nitrogens with zero attached hydrogens (tertiary/aromatic N) is 2. The third kappa shape index (κ3) is 4.24. The largest absolute Gasteiger partial charge is 0.459 e. The number of nitrogens with one attached hydrogen (secondary N) is 1. The number of aromatic nitrogens is 1. The lowest BCUT2D eigenvalue weighted by molar-refractivity contribution is -0.137. The summed E-state index contributed by atoms with van der Waals surface area (Å²) in [5.41, 5.74) is 0.472. The molecule has 3 rings (SSSR count). The molecule has 6 nitrogen and oxygen atoms in total. The number of pyridine rings is 1. The van der Waals surface area contributed by atoms with Crippen LogP contribution < -0.4 is 11.1 Å². The molecule has 0 saturated carbocycles. The Balaban J connectivity index is 1.94. The first-order valence-electron chi connectivity index (χ1n) is 8.45. The number of carbonyl (C=O) groups is 1. The topological polar surface area (TPSA) is 89.6 Å². The van der Waals surface area contributed by atoms with E-state index in [0.29, 0.717) is 12.3 Å². The highest BCUT2D eigenvalue weighted by Crippen LogP contribution is 2.45. The Hall–Kier alpha value is -3.02. The number of alkyl halides is 5. The number of hydrogen-bond donors (Lipinski definition) is 2. The lowest BCUT2D eigenvalue weighted by Crippen LogP contribution is -2.51. The van der Waals surface area contributed by atoms with Gasteiger partial charge in [0.15, 0.2) is 12.1 Å². The number of amidine groups is 1.